The van der Waals surface area contributed by atoms with Crippen molar-refractivity contribution in [3.8, 4) is 0 Å². The summed E-state index contributed by atoms with van der Waals surface area (Å²) >= 11 is 0. The Balaban J connectivity index is 2.87. The molecule has 0 aliphatic rings. The molecule has 22 heavy (non-hydrogen) atoms. The first kappa shape index (κ1) is 18.5. The van der Waals surface area contributed by atoms with Crippen molar-refractivity contribution in [2.75, 3.05) is 20.4 Å². The lowest BCUT2D eigenvalue weighted by Crippen LogP contribution is -2.33. The van der Waals surface area contributed by atoms with Crippen LogP contribution in [0.2, 0.25) is 0 Å². The monoisotopic (exact) mass is 309 g/mol. The van der Waals surface area contributed by atoms with E-state index in [9.17, 15) is 4.79 Å². The van der Waals surface area contributed by atoms with E-state index >= 15 is 0 Å². The first-order chi connectivity index (χ1) is 10.6. The molecular formula is C17H27NO4. The second kappa shape index (κ2) is 10.2. The SMILES string of the molecule is CCCNC(=O)OC(CC)C(OCOC)c1ccccc1C. The molecule has 124 valence electrons. The molecule has 0 saturated heterocycles. The maximum atomic E-state index is 11.8. The lowest BCUT2D eigenvalue weighted by Gasteiger charge is -2.27. The maximum Gasteiger partial charge on any atom is 0.407 e. The van der Waals surface area contributed by atoms with Crippen LogP contribution in [0.15, 0.2) is 24.3 Å². The van der Waals surface area contributed by atoms with Crippen LogP contribution < -0.4 is 5.32 Å². The van der Waals surface area contributed by atoms with Gasteiger partial charge in [-0.1, -0.05) is 38.1 Å². The molecule has 0 heterocycles. The minimum Gasteiger partial charge on any atom is -0.443 e. The summed E-state index contributed by atoms with van der Waals surface area (Å²) in [6.07, 6.45) is 0.398. The predicted molar refractivity (Wildman–Crippen MR) is 85.7 cm³/mol. The lowest BCUT2D eigenvalue weighted by molar-refractivity contribution is -0.116. The van der Waals surface area contributed by atoms with Crippen LogP contribution in [-0.2, 0) is 14.2 Å². The van der Waals surface area contributed by atoms with Crippen LogP contribution in [0.4, 0.5) is 4.79 Å². The Morgan fingerprint density at radius 1 is 1.27 bits per heavy atom. The van der Waals surface area contributed by atoms with Crippen LogP contribution in [0.3, 0.4) is 0 Å². The molecule has 1 amide bonds. The van der Waals surface area contributed by atoms with E-state index in [2.05, 4.69) is 5.32 Å². The van der Waals surface area contributed by atoms with Gasteiger partial charge >= 0.3 is 6.09 Å². The van der Waals surface area contributed by atoms with Crippen molar-refractivity contribution >= 4 is 6.09 Å². The molecule has 5 nitrogen and oxygen atoms in total. The molecule has 2 unspecified atom stereocenters. The van der Waals surface area contributed by atoms with Gasteiger partial charge in [0, 0.05) is 13.7 Å². The minimum atomic E-state index is -0.409. The Morgan fingerprint density at radius 3 is 2.59 bits per heavy atom. The van der Waals surface area contributed by atoms with Crippen LogP contribution in [0.25, 0.3) is 0 Å². The molecule has 1 aromatic rings. The smallest absolute Gasteiger partial charge is 0.407 e. The number of methoxy groups -OCH3 is 1. The van der Waals surface area contributed by atoms with E-state index in [-0.39, 0.29) is 19.0 Å². The van der Waals surface area contributed by atoms with Gasteiger partial charge in [-0.05, 0) is 30.9 Å². The van der Waals surface area contributed by atoms with E-state index in [1.807, 2.05) is 45.0 Å². The Labute approximate surface area is 132 Å². The fraction of sp³-hybridized carbons (Fsp3) is 0.588. The zero-order chi connectivity index (χ0) is 16.4. The zero-order valence-corrected chi connectivity index (χ0v) is 13.9. The zero-order valence-electron chi connectivity index (χ0n) is 13.9. The normalized spacial score (nSPS) is 13.5. The third-order valence-corrected chi connectivity index (χ3v) is 3.38. The molecule has 0 fully saturated rings. The van der Waals surface area contributed by atoms with E-state index in [0.29, 0.717) is 13.0 Å². The number of carbonyl (C=O) groups is 1. The molecule has 0 spiro atoms. The van der Waals surface area contributed by atoms with Crippen LogP contribution in [0.1, 0.15) is 43.9 Å². The van der Waals surface area contributed by atoms with Crippen molar-refractivity contribution in [1.29, 1.82) is 0 Å². The molecule has 0 saturated carbocycles. The summed E-state index contributed by atoms with van der Waals surface area (Å²) < 4.78 is 16.3. The molecule has 1 N–H and O–H groups in total. The summed E-state index contributed by atoms with van der Waals surface area (Å²) in [5.41, 5.74) is 2.11. The molecule has 0 radical (unpaired) electrons. The molecule has 0 aliphatic carbocycles. The molecule has 0 aromatic heterocycles. The number of hydrogen-bond acceptors (Lipinski definition) is 4. The van der Waals surface area contributed by atoms with Crippen molar-refractivity contribution in [3.63, 3.8) is 0 Å². The number of alkyl carbamates (subject to hydrolysis) is 1. The highest BCUT2D eigenvalue weighted by atomic mass is 16.7. The first-order valence-electron chi connectivity index (χ1n) is 7.74. The maximum absolute atomic E-state index is 11.8. The number of benzene rings is 1. The van der Waals surface area contributed by atoms with Gasteiger partial charge in [0.25, 0.3) is 0 Å². The van der Waals surface area contributed by atoms with Gasteiger partial charge in [-0.3, -0.25) is 0 Å². The van der Waals surface area contributed by atoms with Gasteiger partial charge in [0.2, 0.25) is 0 Å². The number of rotatable bonds is 9. The predicted octanol–water partition coefficient (Wildman–Crippen LogP) is 3.57. The number of amides is 1. The second-order valence-electron chi connectivity index (χ2n) is 5.13. The van der Waals surface area contributed by atoms with Gasteiger partial charge in [-0.15, -0.1) is 0 Å². The second-order valence-corrected chi connectivity index (χ2v) is 5.13. The van der Waals surface area contributed by atoms with Crippen molar-refractivity contribution in [3.05, 3.63) is 35.4 Å². The van der Waals surface area contributed by atoms with Gasteiger partial charge in [0.05, 0.1) is 0 Å². The van der Waals surface area contributed by atoms with Crippen molar-refractivity contribution in [1.82, 2.24) is 5.32 Å². The van der Waals surface area contributed by atoms with Crippen LogP contribution in [-0.4, -0.2) is 32.6 Å². The number of ether oxygens (including phenoxy) is 3. The van der Waals surface area contributed by atoms with Crippen LogP contribution >= 0.6 is 0 Å². The fourth-order valence-corrected chi connectivity index (χ4v) is 2.21. The van der Waals surface area contributed by atoms with Gasteiger partial charge < -0.3 is 19.5 Å². The fourth-order valence-electron chi connectivity index (χ4n) is 2.21. The Morgan fingerprint density at radius 2 is 2.00 bits per heavy atom. The number of hydrogen-bond donors (Lipinski definition) is 1. The lowest BCUT2D eigenvalue weighted by atomic mass is 9.98. The molecule has 0 bridgehead atoms. The standard InChI is InChI=1S/C17H27NO4/c1-5-11-18-17(19)22-15(6-2)16(21-12-20-4)14-10-8-7-9-13(14)3/h7-10,15-16H,5-6,11-12H2,1-4H3,(H,18,19). The Hall–Kier alpha value is -1.59. The summed E-state index contributed by atoms with van der Waals surface area (Å²) in [6.45, 7) is 6.73. The van der Waals surface area contributed by atoms with Gasteiger partial charge in [-0.2, -0.15) is 0 Å². The van der Waals surface area contributed by atoms with E-state index in [1.165, 1.54) is 0 Å². The minimum absolute atomic E-state index is 0.148. The van der Waals surface area contributed by atoms with Gasteiger partial charge in [0.15, 0.2) is 0 Å². The average molecular weight is 309 g/mol. The summed E-state index contributed by atoms with van der Waals surface area (Å²) in [7, 11) is 1.57. The van der Waals surface area contributed by atoms with E-state index < -0.39 is 6.09 Å². The first-order valence-corrected chi connectivity index (χ1v) is 7.74. The highest BCUT2D eigenvalue weighted by molar-refractivity contribution is 5.67. The molecule has 2 atom stereocenters. The molecule has 0 aliphatic heterocycles. The molecule has 5 heteroatoms. The summed E-state index contributed by atoms with van der Waals surface area (Å²) in [5, 5.41) is 2.73. The largest absolute Gasteiger partial charge is 0.443 e. The highest BCUT2D eigenvalue weighted by Gasteiger charge is 2.27. The third-order valence-electron chi connectivity index (χ3n) is 3.38. The van der Waals surface area contributed by atoms with Gasteiger partial charge in [-0.25, -0.2) is 4.79 Å². The highest BCUT2D eigenvalue weighted by Crippen LogP contribution is 2.28. The van der Waals surface area contributed by atoms with Crippen molar-refractivity contribution < 1.29 is 19.0 Å². The molecular weight excluding hydrogens is 282 g/mol. The van der Waals surface area contributed by atoms with Crippen LogP contribution in [0, 0.1) is 6.92 Å². The quantitative estimate of drug-likeness (QED) is 0.708. The number of aryl methyl sites for hydroxylation is 1. The van der Waals surface area contributed by atoms with E-state index in [4.69, 9.17) is 14.2 Å². The Bertz CT molecular complexity index is 450. The third kappa shape index (κ3) is 5.66. The summed E-state index contributed by atoms with van der Waals surface area (Å²) in [4.78, 5) is 11.8. The summed E-state index contributed by atoms with van der Waals surface area (Å²) in [6, 6.07) is 7.94. The van der Waals surface area contributed by atoms with E-state index in [0.717, 1.165) is 17.5 Å². The Kier molecular flexibility index (Phi) is 8.55. The molecule has 1 aromatic carbocycles. The van der Waals surface area contributed by atoms with Gasteiger partial charge in [0.1, 0.15) is 19.0 Å². The van der Waals surface area contributed by atoms with Crippen molar-refractivity contribution in [2.45, 2.75) is 45.8 Å². The van der Waals surface area contributed by atoms with E-state index in [1.54, 1.807) is 7.11 Å². The molecule has 1 rings (SSSR count). The topological polar surface area (TPSA) is 56.8 Å². The number of carbonyl (C=O) groups excluding carboxylic acids is 1. The van der Waals surface area contributed by atoms with Crippen molar-refractivity contribution in [2.24, 2.45) is 0 Å². The van der Waals surface area contributed by atoms with Crippen LogP contribution in [0.5, 0.6) is 0 Å². The number of nitrogens with one attached hydrogen (secondary N) is 1. The average Bonchev–Trinajstić information content (AvgIpc) is 2.53. The summed E-state index contributed by atoms with van der Waals surface area (Å²) in [5.74, 6) is 0.